The Morgan fingerprint density at radius 3 is 2.50 bits per heavy atom. The van der Waals surface area contributed by atoms with Gasteiger partial charge in [-0.3, -0.25) is 9.48 Å². The highest BCUT2D eigenvalue weighted by molar-refractivity contribution is 5.92. The number of amides is 1. The summed E-state index contributed by atoms with van der Waals surface area (Å²) in [7, 11) is 1.88. The highest BCUT2D eigenvalue weighted by atomic mass is 16.5. The number of aryl methyl sites for hydroxylation is 2. The molecule has 1 aromatic heterocycles. The smallest absolute Gasteiger partial charge is 0.279 e. The molecule has 0 aromatic carbocycles. The molecule has 2 heterocycles. The molecule has 6 heteroatoms. The summed E-state index contributed by atoms with van der Waals surface area (Å²) in [4.78, 5) is 13.5. The van der Waals surface area contributed by atoms with Gasteiger partial charge in [0.25, 0.3) is 5.91 Å². The number of carbonyl (C=O) groups is 1. The summed E-state index contributed by atoms with van der Waals surface area (Å²) in [5.74, 6) is 0.0421. The standard InChI is InChI=1S/C14H24N4O2/c1-9-6-18(7-10(2)20-9)8-13(19)15-14-11(3)16-17(5)12(14)4/h9-10H,6-8H2,1-5H3,(H,15,19)/p+1/t9-,10-/m0/s1. The van der Waals surface area contributed by atoms with Gasteiger partial charge in [0.2, 0.25) is 0 Å². The summed E-state index contributed by atoms with van der Waals surface area (Å²) in [5, 5.41) is 7.30. The van der Waals surface area contributed by atoms with Gasteiger partial charge >= 0.3 is 0 Å². The van der Waals surface area contributed by atoms with Crippen LogP contribution in [0.3, 0.4) is 0 Å². The van der Waals surface area contributed by atoms with E-state index in [1.54, 1.807) is 4.68 Å². The minimum absolute atomic E-state index is 0.0421. The normalized spacial score (nSPS) is 26.6. The minimum atomic E-state index is 0.0421. The summed E-state index contributed by atoms with van der Waals surface area (Å²) in [5.41, 5.74) is 2.68. The van der Waals surface area contributed by atoms with Gasteiger partial charge in [-0.1, -0.05) is 0 Å². The summed E-state index contributed by atoms with van der Waals surface area (Å²) in [6, 6.07) is 0. The zero-order valence-electron chi connectivity index (χ0n) is 13.0. The van der Waals surface area contributed by atoms with E-state index in [1.165, 1.54) is 4.90 Å². The van der Waals surface area contributed by atoms with Crippen LogP contribution in [0.5, 0.6) is 0 Å². The van der Waals surface area contributed by atoms with Crippen LogP contribution >= 0.6 is 0 Å². The number of nitrogens with one attached hydrogen (secondary N) is 2. The van der Waals surface area contributed by atoms with Crippen molar-refractivity contribution in [2.75, 3.05) is 25.0 Å². The van der Waals surface area contributed by atoms with Gasteiger partial charge in [0.1, 0.15) is 25.3 Å². The Labute approximate surface area is 120 Å². The molecule has 0 unspecified atom stereocenters. The molecule has 1 fully saturated rings. The monoisotopic (exact) mass is 281 g/mol. The number of carbonyl (C=O) groups excluding carboxylic acids is 1. The van der Waals surface area contributed by atoms with E-state index in [1.807, 2.05) is 20.9 Å². The molecule has 1 aliphatic rings. The zero-order chi connectivity index (χ0) is 14.9. The van der Waals surface area contributed by atoms with Crippen molar-refractivity contribution in [2.24, 2.45) is 7.05 Å². The zero-order valence-corrected chi connectivity index (χ0v) is 13.0. The lowest BCUT2D eigenvalue weighted by atomic mass is 10.2. The highest BCUT2D eigenvalue weighted by Gasteiger charge is 2.27. The van der Waals surface area contributed by atoms with Crippen molar-refractivity contribution in [3.63, 3.8) is 0 Å². The molecule has 2 atom stereocenters. The number of quaternary nitrogens is 1. The highest BCUT2D eigenvalue weighted by Crippen LogP contribution is 2.17. The Hall–Kier alpha value is -1.40. The number of anilines is 1. The minimum Gasteiger partial charge on any atom is -0.364 e. The van der Waals surface area contributed by atoms with Crippen LogP contribution in [-0.4, -0.2) is 47.5 Å². The first-order valence-electron chi connectivity index (χ1n) is 7.16. The number of hydrogen-bond acceptors (Lipinski definition) is 3. The molecule has 2 rings (SSSR count). The van der Waals surface area contributed by atoms with Gasteiger partial charge in [-0.25, -0.2) is 0 Å². The maximum atomic E-state index is 12.2. The first kappa shape index (κ1) is 15.0. The average molecular weight is 281 g/mol. The Morgan fingerprint density at radius 1 is 1.40 bits per heavy atom. The van der Waals surface area contributed by atoms with Gasteiger partial charge in [0.15, 0.2) is 6.54 Å². The maximum Gasteiger partial charge on any atom is 0.279 e. The molecule has 1 amide bonds. The van der Waals surface area contributed by atoms with Gasteiger partial charge in [-0.05, 0) is 27.7 Å². The van der Waals surface area contributed by atoms with Crippen LogP contribution in [0, 0.1) is 13.8 Å². The molecule has 112 valence electrons. The topological polar surface area (TPSA) is 60.6 Å². The van der Waals surface area contributed by atoms with E-state index in [0.717, 1.165) is 30.2 Å². The van der Waals surface area contributed by atoms with Crippen molar-refractivity contribution < 1.29 is 14.4 Å². The van der Waals surface area contributed by atoms with Crippen molar-refractivity contribution in [2.45, 2.75) is 39.9 Å². The molecule has 0 bridgehead atoms. The van der Waals surface area contributed by atoms with Crippen molar-refractivity contribution in [3.05, 3.63) is 11.4 Å². The third-order valence-electron chi connectivity index (χ3n) is 3.80. The van der Waals surface area contributed by atoms with E-state index < -0.39 is 0 Å². The SMILES string of the molecule is Cc1nn(C)c(C)c1NC(=O)C[NH+]1C[C@H](C)O[C@@H](C)C1. The van der Waals surface area contributed by atoms with Crippen molar-refractivity contribution in [1.82, 2.24) is 9.78 Å². The molecule has 0 spiro atoms. The van der Waals surface area contributed by atoms with Crippen LogP contribution < -0.4 is 10.2 Å². The molecular formula is C14H25N4O2+. The number of morpholine rings is 1. The molecular weight excluding hydrogens is 256 g/mol. The lowest BCUT2D eigenvalue weighted by molar-refractivity contribution is -0.907. The number of ether oxygens (including phenoxy) is 1. The summed E-state index contributed by atoms with van der Waals surface area (Å²) in [6.45, 7) is 10.2. The average Bonchev–Trinajstić information content (AvgIpc) is 2.54. The van der Waals surface area contributed by atoms with E-state index in [9.17, 15) is 4.79 Å². The first-order chi connectivity index (χ1) is 9.36. The van der Waals surface area contributed by atoms with Gasteiger partial charge in [-0.15, -0.1) is 0 Å². The second-order valence-corrected chi connectivity index (χ2v) is 5.81. The van der Waals surface area contributed by atoms with Crippen LogP contribution in [-0.2, 0) is 16.6 Å². The third kappa shape index (κ3) is 3.37. The molecule has 1 aromatic rings. The van der Waals surface area contributed by atoms with Crippen molar-refractivity contribution in [1.29, 1.82) is 0 Å². The van der Waals surface area contributed by atoms with Crippen LogP contribution in [0.4, 0.5) is 5.69 Å². The van der Waals surface area contributed by atoms with Gasteiger partial charge < -0.3 is 15.0 Å². The van der Waals surface area contributed by atoms with Crippen LogP contribution in [0.1, 0.15) is 25.2 Å². The van der Waals surface area contributed by atoms with Gasteiger partial charge in [-0.2, -0.15) is 5.10 Å². The largest absolute Gasteiger partial charge is 0.364 e. The Morgan fingerprint density at radius 2 is 2.00 bits per heavy atom. The molecule has 20 heavy (non-hydrogen) atoms. The molecule has 6 nitrogen and oxygen atoms in total. The van der Waals surface area contributed by atoms with Crippen LogP contribution in [0.2, 0.25) is 0 Å². The second-order valence-electron chi connectivity index (χ2n) is 5.81. The van der Waals surface area contributed by atoms with Crippen molar-refractivity contribution in [3.8, 4) is 0 Å². The van der Waals surface area contributed by atoms with Gasteiger partial charge in [0, 0.05) is 7.05 Å². The predicted octanol–water partition coefficient (Wildman–Crippen LogP) is -0.332. The fourth-order valence-corrected chi connectivity index (χ4v) is 2.90. The maximum absolute atomic E-state index is 12.2. The van der Waals surface area contributed by atoms with E-state index in [4.69, 9.17) is 4.74 Å². The lowest BCUT2D eigenvalue weighted by Gasteiger charge is -2.31. The van der Waals surface area contributed by atoms with E-state index >= 15 is 0 Å². The number of aromatic nitrogens is 2. The van der Waals surface area contributed by atoms with E-state index in [2.05, 4.69) is 24.3 Å². The molecule has 0 saturated carbocycles. The quantitative estimate of drug-likeness (QED) is 0.797. The molecule has 0 aliphatic carbocycles. The molecule has 2 N–H and O–H groups in total. The second kappa shape index (κ2) is 5.93. The predicted molar refractivity (Wildman–Crippen MR) is 76.9 cm³/mol. The summed E-state index contributed by atoms with van der Waals surface area (Å²) >= 11 is 0. The first-order valence-corrected chi connectivity index (χ1v) is 7.16. The molecule has 1 saturated heterocycles. The van der Waals surface area contributed by atoms with Crippen molar-refractivity contribution >= 4 is 11.6 Å². The Bertz CT molecular complexity index is 488. The fourth-order valence-electron chi connectivity index (χ4n) is 2.90. The number of rotatable bonds is 3. The van der Waals surface area contributed by atoms with Crippen LogP contribution in [0.15, 0.2) is 0 Å². The van der Waals surface area contributed by atoms with E-state index in [0.29, 0.717) is 6.54 Å². The lowest BCUT2D eigenvalue weighted by Crippen LogP contribution is -3.16. The van der Waals surface area contributed by atoms with Crippen LogP contribution in [0.25, 0.3) is 0 Å². The third-order valence-corrected chi connectivity index (χ3v) is 3.80. The molecule has 0 radical (unpaired) electrons. The van der Waals surface area contributed by atoms with Gasteiger partial charge in [0.05, 0.1) is 17.1 Å². The molecule has 1 aliphatic heterocycles. The Balaban J connectivity index is 1.95. The van der Waals surface area contributed by atoms with E-state index in [-0.39, 0.29) is 18.1 Å². The number of hydrogen-bond donors (Lipinski definition) is 2. The fraction of sp³-hybridized carbons (Fsp3) is 0.714. The summed E-state index contributed by atoms with van der Waals surface area (Å²) < 4.78 is 7.48. The summed E-state index contributed by atoms with van der Waals surface area (Å²) in [6.07, 6.45) is 0.423. The Kier molecular flexibility index (Phi) is 4.45. The number of nitrogens with zero attached hydrogens (tertiary/aromatic N) is 2.